The molecule has 1 aliphatic heterocycles. The molecule has 0 bridgehead atoms. The monoisotopic (exact) mass is 272 g/mol. The minimum absolute atomic E-state index is 0.0687. The second-order valence-corrected chi connectivity index (χ2v) is 5.51. The quantitative estimate of drug-likeness (QED) is 0.853. The van der Waals surface area contributed by atoms with Crippen molar-refractivity contribution in [3.05, 3.63) is 47.5 Å². The first-order valence-corrected chi connectivity index (χ1v) is 6.73. The molecule has 1 N–H and O–H groups in total. The number of rotatable bonds is 3. The third kappa shape index (κ3) is 2.74. The van der Waals surface area contributed by atoms with Crippen LogP contribution < -0.4 is 5.32 Å². The number of piperazine rings is 1. The van der Waals surface area contributed by atoms with Gasteiger partial charge in [-0.3, -0.25) is 9.59 Å². The Hall–Kier alpha value is -2.10. The number of benzene rings is 1. The summed E-state index contributed by atoms with van der Waals surface area (Å²) in [6, 6.07) is 9.36. The first-order valence-electron chi connectivity index (χ1n) is 6.73. The zero-order valence-corrected chi connectivity index (χ0v) is 12.1. The van der Waals surface area contributed by atoms with Crippen LogP contribution in [0.5, 0.6) is 0 Å². The molecule has 4 nitrogen and oxygen atoms in total. The van der Waals surface area contributed by atoms with Crippen LogP contribution in [0.25, 0.3) is 0 Å². The zero-order chi connectivity index (χ0) is 14.8. The Morgan fingerprint density at radius 3 is 2.55 bits per heavy atom. The standard InChI is InChI=1S/C16H20N2O2/c1-12(2)9-10-18-11-14(19)17-16(3,15(18)20)13-7-5-4-6-8-13/h4-9H,10-11H2,1-3H3,(H,17,19). The first kappa shape index (κ1) is 14.3. The number of carbonyl (C=O) groups is 2. The lowest BCUT2D eigenvalue weighted by molar-refractivity contribution is -0.149. The highest BCUT2D eigenvalue weighted by Crippen LogP contribution is 2.26. The van der Waals surface area contributed by atoms with E-state index in [9.17, 15) is 9.59 Å². The van der Waals surface area contributed by atoms with Gasteiger partial charge in [0.1, 0.15) is 5.54 Å². The van der Waals surface area contributed by atoms with Gasteiger partial charge in [-0.2, -0.15) is 0 Å². The number of nitrogens with one attached hydrogen (secondary N) is 1. The number of hydrogen-bond donors (Lipinski definition) is 1. The summed E-state index contributed by atoms with van der Waals surface area (Å²) in [6.07, 6.45) is 1.96. The average Bonchev–Trinajstić information content (AvgIpc) is 2.42. The summed E-state index contributed by atoms with van der Waals surface area (Å²) in [4.78, 5) is 26.2. The first-order chi connectivity index (χ1) is 9.43. The third-order valence-corrected chi connectivity index (χ3v) is 3.51. The van der Waals surface area contributed by atoms with Gasteiger partial charge in [0.05, 0.1) is 6.54 Å². The number of nitrogens with zero attached hydrogens (tertiary/aromatic N) is 1. The minimum atomic E-state index is -0.980. The maximum absolute atomic E-state index is 12.7. The Kier molecular flexibility index (Phi) is 3.93. The van der Waals surface area contributed by atoms with Crippen LogP contribution in [0.2, 0.25) is 0 Å². The van der Waals surface area contributed by atoms with E-state index in [1.807, 2.05) is 50.3 Å². The molecule has 1 aliphatic rings. The number of carbonyl (C=O) groups excluding carboxylic acids is 2. The maximum atomic E-state index is 12.7. The smallest absolute Gasteiger partial charge is 0.253 e. The van der Waals surface area contributed by atoms with E-state index in [1.54, 1.807) is 11.8 Å². The fraction of sp³-hybridized carbons (Fsp3) is 0.375. The van der Waals surface area contributed by atoms with Crippen LogP contribution >= 0.6 is 0 Å². The van der Waals surface area contributed by atoms with Crippen molar-refractivity contribution >= 4 is 11.8 Å². The fourth-order valence-corrected chi connectivity index (χ4v) is 2.34. The Morgan fingerprint density at radius 2 is 1.95 bits per heavy atom. The molecular weight excluding hydrogens is 252 g/mol. The SMILES string of the molecule is CC(C)=CCN1CC(=O)NC(C)(c2ccccc2)C1=O. The van der Waals surface area contributed by atoms with Crippen LogP contribution in [-0.2, 0) is 15.1 Å². The minimum Gasteiger partial charge on any atom is -0.337 e. The Labute approximate surface area is 119 Å². The van der Waals surface area contributed by atoms with Crippen LogP contribution in [0.4, 0.5) is 0 Å². The summed E-state index contributed by atoms with van der Waals surface area (Å²) in [5, 5.41) is 2.83. The normalized spacial score (nSPS) is 22.4. The molecule has 1 aromatic rings. The van der Waals surface area contributed by atoms with Crippen molar-refractivity contribution in [2.75, 3.05) is 13.1 Å². The highest BCUT2D eigenvalue weighted by Gasteiger charge is 2.43. The summed E-state index contributed by atoms with van der Waals surface area (Å²) in [5.74, 6) is -0.195. The van der Waals surface area contributed by atoms with Gasteiger partial charge in [-0.05, 0) is 26.3 Å². The Bertz CT molecular complexity index is 547. The maximum Gasteiger partial charge on any atom is 0.253 e. The van der Waals surface area contributed by atoms with Gasteiger partial charge in [-0.1, -0.05) is 42.0 Å². The molecule has 4 heteroatoms. The van der Waals surface area contributed by atoms with Crippen LogP contribution in [0.1, 0.15) is 26.3 Å². The van der Waals surface area contributed by atoms with E-state index < -0.39 is 5.54 Å². The Morgan fingerprint density at radius 1 is 1.30 bits per heavy atom. The molecule has 0 radical (unpaired) electrons. The van der Waals surface area contributed by atoms with E-state index in [1.165, 1.54) is 0 Å². The zero-order valence-electron chi connectivity index (χ0n) is 12.1. The molecule has 1 aromatic carbocycles. The van der Waals surface area contributed by atoms with Gasteiger partial charge in [0.15, 0.2) is 0 Å². The molecule has 1 fully saturated rings. The number of amides is 2. The summed E-state index contributed by atoms with van der Waals surface area (Å²) >= 11 is 0. The lowest BCUT2D eigenvalue weighted by Crippen LogP contribution is -2.63. The van der Waals surface area contributed by atoms with Gasteiger partial charge in [-0.15, -0.1) is 0 Å². The predicted molar refractivity (Wildman–Crippen MR) is 77.9 cm³/mol. The van der Waals surface area contributed by atoms with E-state index in [4.69, 9.17) is 0 Å². The van der Waals surface area contributed by atoms with E-state index in [0.717, 1.165) is 11.1 Å². The van der Waals surface area contributed by atoms with Crippen molar-refractivity contribution in [3.8, 4) is 0 Å². The molecule has 20 heavy (non-hydrogen) atoms. The number of allylic oxidation sites excluding steroid dienone is 1. The molecule has 0 saturated carbocycles. The second-order valence-electron chi connectivity index (χ2n) is 5.51. The van der Waals surface area contributed by atoms with Gasteiger partial charge in [-0.25, -0.2) is 0 Å². The summed E-state index contributed by atoms with van der Waals surface area (Å²) in [6.45, 7) is 6.30. The molecule has 1 saturated heterocycles. The van der Waals surface area contributed by atoms with E-state index in [2.05, 4.69) is 5.32 Å². The molecule has 2 amide bonds. The van der Waals surface area contributed by atoms with Crippen molar-refractivity contribution in [2.45, 2.75) is 26.3 Å². The molecule has 1 heterocycles. The van der Waals surface area contributed by atoms with Crippen LogP contribution in [0.15, 0.2) is 42.0 Å². The summed E-state index contributed by atoms with van der Waals surface area (Å²) < 4.78 is 0. The van der Waals surface area contributed by atoms with E-state index >= 15 is 0 Å². The largest absolute Gasteiger partial charge is 0.337 e. The molecule has 0 spiro atoms. The van der Waals surface area contributed by atoms with E-state index in [0.29, 0.717) is 6.54 Å². The molecule has 106 valence electrons. The Balaban J connectivity index is 2.31. The summed E-state index contributed by atoms with van der Waals surface area (Å²) in [5.41, 5.74) is 0.956. The topological polar surface area (TPSA) is 49.4 Å². The molecule has 1 atom stereocenters. The van der Waals surface area contributed by atoms with Gasteiger partial charge in [0, 0.05) is 6.54 Å². The fourth-order valence-electron chi connectivity index (χ4n) is 2.34. The highest BCUT2D eigenvalue weighted by molar-refractivity contribution is 5.98. The molecule has 0 aliphatic carbocycles. The average molecular weight is 272 g/mol. The molecule has 1 unspecified atom stereocenters. The van der Waals surface area contributed by atoms with Crippen LogP contribution in [-0.4, -0.2) is 29.8 Å². The highest BCUT2D eigenvalue weighted by atomic mass is 16.2. The van der Waals surface area contributed by atoms with Crippen molar-refractivity contribution in [2.24, 2.45) is 0 Å². The van der Waals surface area contributed by atoms with Crippen LogP contribution in [0.3, 0.4) is 0 Å². The van der Waals surface area contributed by atoms with Crippen molar-refractivity contribution < 1.29 is 9.59 Å². The molecular formula is C16H20N2O2. The van der Waals surface area contributed by atoms with Gasteiger partial charge >= 0.3 is 0 Å². The second kappa shape index (κ2) is 5.49. The lowest BCUT2D eigenvalue weighted by atomic mass is 9.88. The van der Waals surface area contributed by atoms with Gasteiger partial charge in [0.25, 0.3) is 5.91 Å². The molecule has 0 aromatic heterocycles. The van der Waals surface area contributed by atoms with Crippen molar-refractivity contribution in [1.29, 1.82) is 0 Å². The summed E-state index contributed by atoms with van der Waals surface area (Å²) in [7, 11) is 0. The van der Waals surface area contributed by atoms with Crippen molar-refractivity contribution in [3.63, 3.8) is 0 Å². The van der Waals surface area contributed by atoms with E-state index in [-0.39, 0.29) is 18.4 Å². The number of hydrogen-bond acceptors (Lipinski definition) is 2. The predicted octanol–water partition coefficient (Wildman–Crippen LogP) is 1.83. The van der Waals surface area contributed by atoms with Gasteiger partial charge in [0.2, 0.25) is 5.91 Å². The van der Waals surface area contributed by atoms with Crippen molar-refractivity contribution in [1.82, 2.24) is 10.2 Å². The third-order valence-electron chi connectivity index (χ3n) is 3.51. The molecule has 2 rings (SSSR count). The van der Waals surface area contributed by atoms with Crippen LogP contribution in [0, 0.1) is 0 Å². The van der Waals surface area contributed by atoms with Gasteiger partial charge < -0.3 is 10.2 Å². The lowest BCUT2D eigenvalue weighted by Gasteiger charge is -2.39.